The SMILES string of the molecule is C[C@]12CC[C@@H]3c4ccc(O)cc4CC[C@H]3[C@@H]1C[C@H](CCCCCCCCCCCC(=O)OC[C@H]1O[C@@H](n3cnc4c(N)ncnc43)[C@H](O)[C@@H]1O)[C@@H]2O. The molecule has 10 atom stereocenters. The van der Waals surface area contributed by atoms with Crippen LogP contribution in [-0.4, -0.2) is 76.9 Å². The maximum atomic E-state index is 12.4. The molecule has 2 aromatic heterocycles. The molecule has 0 radical (unpaired) electrons. The molecule has 6 N–H and O–H groups in total. The minimum atomic E-state index is -1.26. The lowest BCUT2D eigenvalue weighted by molar-refractivity contribution is -0.150. The molecule has 3 aliphatic carbocycles. The number of nitrogens with zero attached hydrogens (tertiary/aromatic N) is 4. The number of benzene rings is 1. The number of anilines is 1. The van der Waals surface area contributed by atoms with Gasteiger partial charge in [0.2, 0.25) is 0 Å². The van der Waals surface area contributed by atoms with Crippen LogP contribution in [0.25, 0.3) is 11.2 Å². The van der Waals surface area contributed by atoms with E-state index in [1.165, 1.54) is 66.9 Å². The number of aryl methyl sites for hydroxylation is 1. The number of ether oxygens (including phenoxy) is 2. The summed E-state index contributed by atoms with van der Waals surface area (Å²) >= 11 is 0. The van der Waals surface area contributed by atoms with Crippen molar-refractivity contribution in [3.63, 3.8) is 0 Å². The first kappa shape index (κ1) is 37.0. The van der Waals surface area contributed by atoms with Crippen molar-refractivity contribution in [2.45, 2.75) is 146 Å². The largest absolute Gasteiger partial charge is 0.508 e. The third kappa shape index (κ3) is 7.41. The topological polar surface area (TPSA) is 186 Å². The molecule has 0 unspecified atom stereocenters. The quantitative estimate of drug-likeness (QED) is 0.0957. The van der Waals surface area contributed by atoms with Crippen LogP contribution in [-0.2, 0) is 20.7 Å². The summed E-state index contributed by atoms with van der Waals surface area (Å²) in [4.78, 5) is 24.6. The fraction of sp³-hybridized carbons (Fsp3) is 0.700. The third-order valence-electron chi connectivity index (χ3n) is 13.2. The number of nitrogen functional groups attached to an aromatic ring is 1. The molecular formula is C40H57N5O7. The van der Waals surface area contributed by atoms with Crippen molar-refractivity contribution in [2.24, 2.45) is 23.2 Å². The van der Waals surface area contributed by atoms with Crippen molar-refractivity contribution in [3.05, 3.63) is 42.0 Å². The molecule has 3 aromatic rings. The van der Waals surface area contributed by atoms with Crippen LogP contribution < -0.4 is 5.73 Å². The molecule has 0 spiro atoms. The van der Waals surface area contributed by atoms with Gasteiger partial charge in [-0.05, 0) is 97.3 Å². The Kier molecular flexibility index (Phi) is 11.4. The monoisotopic (exact) mass is 719 g/mol. The third-order valence-corrected chi connectivity index (χ3v) is 13.2. The zero-order valence-corrected chi connectivity index (χ0v) is 30.5. The molecule has 0 bridgehead atoms. The van der Waals surface area contributed by atoms with Crippen LogP contribution in [0.15, 0.2) is 30.9 Å². The number of aliphatic hydroxyl groups is 3. The Morgan fingerprint density at radius 3 is 2.54 bits per heavy atom. The molecule has 1 aliphatic heterocycles. The number of aromatic nitrogens is 4. The van der Waals surface area contributed by atoms with E-state index in [0.717, 1.165) is 57.8 Å². The van der Waals surface area contributed by atoms with Crippen molar-refractivity contribution >= 4 is 23.0 Å². The van der Waals surface area contributed by atoms with Crippen LogP contribution in [0.3, 0.4) is 0 Å². The number of carbonyl (C=O) groups excluding carboxylic acids is 1. The van der Waals surface area contributed by atoms with Crippen LogP contribution in [0.5, 0.6) is 5.75 Å². The molecule has 284 valence electrons. The number of aromatic hydroxyl groups is 1. The number of nitrogens with two attached hydrogens (primary N) is 1. The van der Waals surface area contributed by atoms with E-state index in [2.05, 4.69) is 27.9 Å². The Hall–Kier alpha value is -3.32. The molecule has 3 heterocycles. The molecular weight excluding hydrogens is 662 g/mol. The number of phenols is 1. The summed E-state index contributed by atoms with van der Waals surface area (Å²) in [5.74, 6) is 2.48. The van der Waals surface area contributed by atoms with E-state index in [9.17, 15) is 25.2 Å². The van der Waals surface area contributed by atoms with Crippen molar-refractivity contribution in [3.8, 4) is 5.75 Å². The standard InChI is InChI=1S/C40H57N5O7/c1-40-18-17-28-27-16-14-26(46)19-24(27)13-15-29(28)30(40)20-25(36(40)50)11-9-7-5-3-2-4-6-8-10-12-32(47)51-21-31-34(48)35(49)39(52-31)45-23-44-33-37(41)42-22-43-38(33)45/h14,16,19,22-23,25,28-31,34-36,39,46,48-50H,2-13,15,17-18,20-21H2,1H3,(H2,41,42,43)/t25-,28+,29+,30-,31+,34+,35+,36-,39+,40-/m0/s1. The summed E-state index contributed by atoms with van der Waals surface area (Å²) in [6.07, 6.45) is 15.3. The second kappa shape index (κ2) is 16.0. The van der Waals surface area contributed by atoms with E-state index in [4.69, 9.17) is 15.2 Å². The first-order valence-electron chi connectivity index (χ1n) is 19.8. The number of aliphatic hydroxyl groups excluding tert-OH is 3. The minimum Gasteiger partial charge on any atom is -0.508 e. The predicted molar refractivity (Wildman–Crippen MR) is 195 cm³/mol. The Labute approximate surface area is 306 Å². The van der Waals surface area contributed by atoms with Gasteiger partial charge in [-0.1, -0.05) is 64.4 Å². The number of hydrogen-bond donors (Lipinski definition) is 5. The number of rotatable bonds is 15. The Morgan fingerprint density at radius 1 is 1.00 bits per heavy atom. The molecule has 2 saturated carbocycles. The second-order valence-electron chi connectivity index (χ2n) is 16.3. The van der Waals surface area contributed by atoms with Gasteiger partial charge in [0.1, 0.15) is 42.5 Å². The number of carbonyl (C=O) groups is 1. The van der Waals surface area contributed by atoms with E-state index in [-0.39, 0.29) is 29.9 Å². The maximum absolute atomic E-state index is 12.4. The number of imidazole rings is 1. The average molecular weight is 720 g/mol. The Bertz CT molecular complexity index is 1680. The lowest BCUT2D eigenvalue weighted by Gasteiger charge is -2.50. The van der Waals surface area contributed by atoms with Gasteiger partial charge in [0, 0.05) is 6.42 Å². The number of esters is 1. The molecule has 52 heavy (non-hydrogen) atoms. The molecule has 12 nitrogen and oxygen atoms in total. The number of unbranched alkanes of at least 4 members (excludes halogenated alkanes) is 8. The maximum Gasteiger partial charge on any atom is 0.305 e. The van der Waals surface area contributed by atoms with Gasteiger partial charge in [0.15, 0.2) is 17.7 Å². The second-order valence-corrected chi connectivity index (χ2v) is 16.3. The van der Waals surface area contributed by atoms with Gasteiger partial charge in [0.25, 0.3) is 0 Å². The summed E-state index contributed by atoms with van der Waals surface area (Å²) in [6, 6.07) is 5.98. The van der Waals surface area contributed by atoms with E-state index >= 15 is 0 Å². The highest BCUT2D eigenvalue weighted by Gasteiger charge is 2.57. The molecule has 1 saturated heterocycles. The van der Waals surface area contributed by atoms with E-state index < -0.39 is 24.5 Å². The number of phenolic OH excluding ortho intramolecular Hbond substituents is 1. The van der Waals surface area contributed by atoms with Crippen LogP contribution in [0.2, 0.25) is 0 Å². The highest BCUT2D eigenvalue weighted by Crippen LogP contribution is 2.63. The van der Waals surface area contributed by atoms with Crippen LogP contribution in [0.4, 0.5) is 5.82 Å². The molecule has 12 heteroatoms. The number of fused-ring (bicyclic) bond motifs is 6. The van der Waals surface area contributed by atoms with Gasteiger partial charge in [-0.15, -0.1) is 0 Å². The van der Waals surface area contributed by atoms with Crippen molar-refractivity contribution in [1.82, 2.24) is 19.5 Å². The molecule has 7 rings (SSSR count). The zero-order chi connectivity index (χ0) is 36.4. The fourth-order valence-corrected chi connectivity index (χ4v) is 10.3. The van der Waals surface area contributed by atoms with E-state index in [0.29, 0.717) is 47.0 Å². The average Bonchev–Trinajstić information content (AvgIpc) is 3.77. The first-order chi connectivity index (χ1) is 25.2. The normalized spacial score (nSPS) is 32.4. The summed E-state index contributed by atoms with van der Waals surface area (Å²) in [7, 11) is 0. The lowest BCUT2D eigenvalue weighted by atomic mass is 9.55. The minimum absolute atomic E-state index is 0.0426. The number of hydrogen-bond acceptors (Lipinski definition) is 11. The van der Waals surface area contributed by atoms with Crippen LogP contribution >= 0.6 is 0 Å². The smallest absolute Gasteiger partial charge is 0.305 e. The lowest BCUT2D eigenvalue weighted by Crippen LogP contribution is -2.44. The van der Waals surface area contributed by atoms with Crippen molar-refractivity contribution < 1.29 is 34.7 Å². The van der Waals surface area contributed by atoms with Gasteiger partial charge in [-0.3, -0.25) is 9.36 Å². The van der Waals surface area contributed by atoms with Crippen LogP contribution in [0.1, 0.15) is 127 Å². The van der Waals surface area contributed by atoms with Gasteiger partial charge < -0.3 is 35.6 Å². The van der Waals surface area contributed by atoms with E-state index in [1.807, 2.05) is 12.1 Å². The van der Waals surface area contributed by atoms with Gasteiger partial charge in [0.05, 0.1) is 12.4 Å². The highest BCUT2D eigenvalue weighted by molar-refractivity contribution is 5.81. The molecule has 0 amide bonds. The molecule has 3 fully saturated rings. The Balaban J connectivity index is 0.730. The summed E-state index contributed by atoms with van der Waals surface area (Å²) in [5.41, 5.74) is 9.42. The van der Waals surface area contributed by atoms with Gasteiger partial charge >= 0.3 is 5.97 Å². The zero-order valence-electron chi connectivity index (χ0n) is 30.5. The summed E-state index contributed by atoms with van der Waals surface area (Å²) in [6.45, 7) is 2.21. The molecule has 4 aliphatic rings. The van der Waals surface area contributed by atoms with Gasteiger partial charge in [-0.25, -0.2) is 15.0 Å². The summed E-state index contributed by atoms with van der Waals surface area (Å²) in [5, 5.41) is 42.7. The molecule has 1 aromatic carbocycles. The van der Waals surface area contributed by atoms with E-state index in [1.54, 1.807) is 0 Å². The summed E-state index contributed by atoms with van der Waals surface area (Å²) < 4.78 is 12.7. The first-order valence-corrected chi connectivity index (χ1v) is 19.8. The Morgan fingerprint density at radius 2 is 1.75 bits per heavy atom. The van der Waals surface area contributed by atoms with Crippen LogP contribution in [0, 0.1) is 23.2 Å². The fourth-order valence-electron chi connectivity index (χ4n) is 10.3. The van der Waals surface area contributed by atoms with Gasteiger partial charge in [-0.2, -0.15) is 0 Å². The highest BCUT2D eigenvalue weighted by atomic mass is 16.6. The predicted octanol–water partition coefficient (Wildman–Crippen LogP) is 5.71. The van der Waals surface area contributed by atoms with Crippen molar-refractivity contribution in [1.29, 1.82) is 0 Å². The van der Waals surface area contributed by atoms with Crippen molar-refractivity contribution in [2.75, 3.05) is 12.3 Å².